The largest absolute Gasteiger partial charge is 0.353 e. The Morgan fingerprint density at radius 2 is 1.84 bits per heavy atom. The Kier molecular flexibility index (Phi) is 5.46. The van der Waals surface area contributed by atoms with Crippen LogP contribution in [0.3, 0.4) is 0 Å². The first-order valence-electron chi connectivity index (χ1n) is 5.84. The predicted octanol–water partition coefficient (Wildman–Crippen LogP) is -0.340. The lowest BCUT2D eigenvalue weighted by molar-refractivity contribution is -0.122. The quantitative estimate of drug-likeness (QED) is 0.622. The van der Waals surface area contributed by atoms with Gasteiger partial charge in [-0.15, -0.1) is 0 Å². The van der Waals surface area contributed by atoms with E-state index in [1.807, 2.05) is 19.1 Å². The van der Waals surface area contributed by atoms with Crippen molar-refractivity contribution in [3.05, 3.63) is 35.4 Å². The second-order valence-electron chi connectivity index (χ2n) is 4.35. The molecule has 4 N–H and O–H groups in total. The fourth-order valence-corrected chi connectivity index (χ4v) is 1.93. The summed E-state index contributed by atoms with van der Waals surface area (Å²) in [6.45, 7) is 2.29. The van der Waals surface area contributed by atoms with Crippen LogP contribution in [0.15, 0.2) is 24.3 Å². The molecule has 0 aliphatic heterocycles. The molecule has 1 rings (SSSR count). The summed E-state index contributed by atoms with van der Waals surface area (Å²) < 4.78 is 23.9. The second kappa shape index (κ2) is 6.65. The van der Waals surface area contributed by atoms with Gasteiger partial charge < -0.3 is 11.1 Å². The first-order chi connectivity index (χ1) is 8.79. The number of nitrogens with one attached hydrogen (secondary N) is 2. The Morgan fingerprint density at radius 3 is 2.37 bits per heavy atom. The van der Waals surface area contributed by atoms with Gasteiger partial charge >= 0.3 is 0 Å². The van der Waals surface area contributed by atoms with Crippen molar-refractivity contribution in [3.8, 4) is 0 Å². The van der Waals surface area contributed by atoms with Gasteiger partial charge in [0, 0.05) is 13.1 Å². The van der Waals surface area contributed by atoms with Crippen LogP contribution in [0.4, 0.5) is 0 Å². The monoisotopic (exact) mass is 285 g/mol. The van der Waals surface area contributed by atoms with Crippen molar-refractivity contribution < 1.29 is 13.2 Å². The average Bonchev–Trinajstić information content (AvgIpc) is 2.33. The Morgan fingerprint density at radius 1 is 1.26 bits per heavy atom. The number of nitrogens with two attached hydrogens (primary N) is 1. The zero-order valence-electron chi connectivity index (χ0n) is 11.0. The molecule has 1 atom stereocenters. The number of sulfonamides is 1. The molecule has 1 aromatic carbocycles. The molecule has 0 bridgehead atoms. The van der Waals surface area contributed by atoms with E-state index in [4.69, 9.17) is 5.73 Å². The maximum Gasteiger partial charge on any atom is 0.241 e. The minimum Gasteiger partial charge on any atom is -0.353 e. The third-order valence-corrected chi connectivity index (χ3v) is 3.24. The molecule has 1 aromatic rings. The number of aryl methyl sites for hydroxylation is 1. The van der Waals surface area contributed by atoms with Gasteiger partial charge in [-0.05, 0) is 12.5 Å². The lowest BCUT2D eigenvalue weighted by Gasteiger charge is -2.12. The molecule has 0 heterocycles. The maximum atomic E-state index is 11.7. The van der Waals surface area contributed by atoms with Gasteiger partial charge in [0.25, 0.3) is 0 Å². The van der Waals surface area contributed by atoms with Crippen molar-refractivity contribution in [1.82, 2.24) is 10.0 Å². The topological polar surface area (TPSA) is 101 Å². The van der Waals surface area contributed by atoms with Gasteiger partial charge in [0.1, 0.15) is 6.04 Å². The summed E-state index contributed by atoms with van der Waals surface area (Å²) in [4.78, 5) is 11.7. The average molecular weight is 285 g/mol. The zero-order chi connectivity index (χ0) is 14.5. The van der Waals surface area contributed by atoms with Crippen molar-refractivity contribution in [2.24, 2.45) is 5.73 Å². The number of carbonyl (C=O) groups is 1. The highest BCUT2D eigenvalue weighted by molar-refractivity contribution is 7.88. The van der Waals surface area contributed by atoms with Crippen molar-refractivity contribution in [3.63, 3.8) is 0 Å². The second-order valence-corrected chi connectivity index (χ2v) is 6.18. The van der Waals surface area contributed by atoms with Crippen LogP contribution in [-0.2, 0) is 14.8 Å². The van der Waals surface area contributed by atoms with Crippen LogP contribution in [0.2, 0.25) is 0 Å². The first-order valence-corrected chi connectivity index (χ1v) is 7.73. The smallest absolute Gasteiger partial charge is 0.241 e. The van der Waals surface area contributed by atoms with E-state index < -0.39 is 16.1 Å². The standard InChI is InChI=1S/C12H19N3O3S/c1-9-3-5-10(6-4-9)11(13)12(16)14-7-8-15-19(2,17)18/h3-6,11,15H,7-8,13H2,1-2H3,(H,14,16). The lowest BCUT2D eigenvalue weighted by atomic mass is 10.1. The molecule has 19 heavy (non-hydrogen) atoms. The van der Waals surface area contributed by atoms with Gasteiger partial charge in [0.15, 0.2) is 0 Å². The normalized spacial score (nSPS) is 13.0. The molecule has 0 aliphatic carbocycles. The highest BCUT2D eigenvalue weighted by Crippen LogP contribution is 2.11. The summed E-state index contributed by atoms with van der Waals surface area (Å²) in [5.41, 5.74) is 7.62. The van der Waals surface area contributed by atoms with Crippen LogP contribution in [0.25, 0.3) is 0 Å². The number of carbonyl (C=O) groups excluding carboxylic acids is 1. The third kappa shape index (κ3) is 5.82. The van der Waals surface area contributed by atoms with E-state index in [0.717, 1.165) is 17.4 Å². The number of hydrogen-bond acceptors (Lipinski definition) is 4. The van der Waals surface area contributed by atoms with Gasteiger partial charge in [-0.2, -0.15) is 0 Å². The van der Waals surface area contributed by atoms with Gasteiger partial charge in [-0.3, -0.25) is 4.79 Å². The van der Waals surface area contributed by atoms with Gasteiger partial charge in [-0.1, -0.05) is 29.8 Å². The molecular weight excluding hydrogens is 266 g/mol. The summed E-state index contributed by atoms with van der Waals surface area (Å²) in [6, 6.07) is 6.61. The SMILES string of the molecule is Cc1ccc(C(N)C(=O)NCCNS(C)(=O)=O)cc1. The molecule has 1 amide bonds. The number of benzene rings is 1. The summed E-state index contributed by atoms with van der Waals surface area (Å²) in [5, 5.41) is 2.58. The van der Waals surface area contributed by atoms with Crippen LogP contribution in [-0.4, -0.2) is 33.7 Å². The van der Waals surface area contributed by atoms with E-state index in [9.17, 15) is 13.2 Å². The highest BCUT2D eigenvalue weighted by atomic mass is 32.2. The zero-order valence-corrected chi connectivity index (χ0v) is 11.8. The summed E-state index contributed by atoms with van der Waals surface area (Å²) >= 11 is 0. The summed E-state index contributed by atoms with van der Waals surface area (Å²) in [5.74, 6) is -0.334. The van der Waals surface area contributed by atoms with Crippen molar-refractivity contribution in [2.45, 2.75) is 13.0 Å². The van der Waals surface area contributed by atoms with E-state index in [0.29, 0.717) is 0 Å². The summed E-state index contributed by atoms with van der Waals surface area (Å²) in [6.07, 6.45) is 1.06. The van der Waals surface area contributed by atoms with Crippen molar-refractivity contribution >= 4 is 15.9 Å². The number of amides is 1. The maximum absolute atomic E-state index is 11.7. The van der Waals surface area contributed by atoms with E-state index in [1.54, 1.807) is 12.1 Å². The molecule has 0 aromatic heterocycles. The Labute approximate surface area is 113 Å². The Balaban J connectivity index is 2.43. The molecule has 106 valence electrons. The molecule has 7 heteroatoms. The first kappa shape index (κ1) is 15.6. The fraction of sp³-hybridized carbons (Fsp3) is 0.417. The van der Waals surface area contributed by atoms with Gasteiger partial charge in [-0.25, -0.2) is 13.1 Å². The number of hydrogen-bond donors (Lipinski definition) is 3. The Hall–Kier alpha value is -1.44. The number of rotatable bonds is 6. The molecule has 0 aliphatic rings. The minimum absolute atomic E-state index is 0.144. The van der Waals surface area contributed by atoms with E-state index in [-0.39, 0.29) is 19.0 Å². The van der Waals surface area contributed by atoms with Crippen LogP contribution in [0.5, 0.6) is 0 Å². The van der Waals surface area contributed by atoms with Crippen LogP contribution in [0.1, 0.15) is 17.2 Å². The molecular formula is C12H19N3O3S. The molecule has 0 saturated carbocycles. The predicted molar refractivity (Wildman–Crippen MR) is 74.0 cm³/mol. The van der Waals surface area contributed by atoms with E-state index >= 15 is 0 Å². The molecule has 0 spiro atoms. The minimum atomic E-state index is -3.23. The highest BCUT2D eigenvalue weighted by Gasteiger charge is 2.14. The van der Waals surface area contributed by atoms with E-state index in [2.05, 4.69) is 10.0 Å². The molecule has 0 fully saturated rings. The molecule has 6 nitrogen and oxygen atoms in total. The fourth-order valence-electron chi connectivity index (χ4n) is 1.46. The lowest BCUT2D eigenvalue weighted by Crippen LogP contribution is -2.39. The Bertz CT molecular complexity index is 526. The summed E-state index contributed by atoms with van der Waals surface area (Å²) in [7, 11) is -3.23. The molecule has 1 unspecified atom stereocenters. The van der Waals surface area contributed by atoms with Crippen LogP contribution < -0.4 is 15.8 Å². The molecule has 0 saturated heterocycles. The van der Waals surface area contributed by atoms with Crippen LogP contribution >= 0.6 is 0 Å². The van der Waals surface area contributed by atoms with Gasteiger partial charge in [0.2, 0.25) is 15.9 Å². The van der Waals surface area contributed by atoms with Gasteiger partial charge in [0.05, 0.1) is 6.26 Å². The van der Waals surface area contributed by atoms with Crippen molar-refractivity contribution in [2.75, 3.05) is 19.3 Å². The van der Waals surface area contributed by atoms with Crippen molar-refractivity contribution in [1.29, 1.82) is 0 Å². The molecule has 0 radical (unpaired) electrons. The van der Waals surface area contributed by atoms with Crippen LogP contribution in [0, 0.1) is 6.92 Å². The third-order valence-electron chi connectivity index (χ3n) is 2.51. The van der Waals surface area contributed by atoms with E-state index in [1.165, 1.54) is 0 Å².